The Hall–Kier alpha value is -3.80. The number of carbonyl (C=O) groups is 2. The van der Waals surface area contributed by atoms with Gasteiger partial charge < -0.3 is 24.4 Å². The fourth-order valence-corrected chi connectivity index (χ4v) is 5.65. The van der Waals surface area contributed by atoms with Crippen molar-refractivity contribution in [2.75, 3.05) is 44.8 Å². The highest BCUT2D eigenvalue weighted by molar-refractivity contribution is 7.98. The number of ether oxygens (including phenoxy) is 3. The van der Waals surface area contributed by atoms with Crippen molar-refractivity contribution >= 4 is 41.2 Å². The van der Waals surface area contributed by atoms with E-state index in [9.17, 15) is 9.59 Å². The standard InChI is InChI=1S/C29H30ClN5O5S/c1-3-14-39-27(37)25-19(2)31-28-32-29(41-18-21-6-4-5-7-23(21)30)33-35(28)26(25)20-8-10-22(11-9-20)40-17-24(36)34-12-15-38-16-13-34/h3-11,26H,1,12-18H2,2H3,(H,31,32,33). The van der Waals surface area contributed by atoms with Gasteiger partial charge >= 0.3 is 5.97 Å². The van der Waals surface area contributed by atoms with Crippen molar-refractivity contribution in [2.24, 2.45) is 0 Å². The summed E-state index contributed by atoms with van der Waals surface area (Å²) in [4.78, 5) is 32.1. The van der Waals surface area contributed by atoms with Crippen molar-refractivity contribution < 1.29 is 23.8 Å². The summed E-state index contributed by atoms with van der Waals surface area (Å²) in [5, 5.41) is 9.16. The van der Waals surface area contributed by atoms with Gasteiger partial charge in [-0.3, -0.25) is 4.79 Å². The second-order valence-electron chi connectivity index (χ2n) is 9.35. The van der Waals surface area contributed by atoms with Gasteiger partial charge in [-0.25, -0.2) is 9.48 Å². The van der Waals surface area contributed by atoms with E-state index in [1.807, 2.05) is 36.4 Å². The molecule has 10 nitrogen and oxygen atoms in total. The Morgan fingerprint density at radius 2 is 1.95 bits per heavy atom. The van der Waals surface area contributed by atoms with Gasteiger partial charge in [0.15, 0.2) is 6.61 Å². The molecule has 3 aromatic rings. The molecular formula is C29H30ClN5O5S. The van der Waals surface area contributed by atoms with Crippen LogP contribution >= 0.6 is 23.4 Å². The van der Waals surface area contributed by atoms with Crippen LogP contribution in [0.1, 0.15) is 24.1 Å². The Bertz CT molecular complexity index is 1450. The lowest BCUT2D eigenvalue weighted by Crippen LogP contribution is -2.42. The molecule has 1 saturated heterocycles. The maximum Gasteiger partial charge on any atom is 0.338 e. The highest BCUT2D eigenvalue weighted by Gasteiger charge is 2.35. The number of hydrogen-bond acceptors (Lipinski definition) is 9. The van der Waals surface area contributed by atoms with Gasteiger partial charge in [-0.2, -0.15) is 4.98 Å². The molecule has 3 heterocycles. The van der Waals surface area contributed by atoms with Crippen LogP contribution in [0.15, 0.2) is 77.6 Å². The third-order valence-electron chi connectivity index (χ3n) is 6.62. The molecule has 12 heteroatoms. The van der Waals surface area contributed by atoms with Gasteiger partial charge in [0, 0.05) is 29.6 Å². The smallest absolute Gasteiger partial charge is 0.338 e. The Morgan fingerprint density at radius 1 is 1.20 bits per heavy atom. The molecule has 0 aliphatic carbocycles. The SMILES string of the molecule is C=CCOC(=O)C1=C(C)Nc2nc(SCc3ccccc3Cl)nn2C1c1ccc(OCC(=O)N2CCOCC2)cc1. The lowest BCUT2D eigenvalue weighted by atomic mass is 9.96. The molecule has 214 valence electrons. The first-order chi connectivity index (χ1) is 19.9. The van der Waals surface area contributed by atoms with Gasteiger partial charge in [-0.15, -0.1) is 5.10 Å². The van der Waals surface area contributed by atoms with Crippen molar-refractivity contribution in [3.05, 3.63) is 88.6 Å². The van der Waals surface area contributed by atoms with Gasteiger partial charge in [0.05, 0.1) is 18.8 Å². The number of nitrogens with one attached hydrogen (secondary N) is 1. The molecule has 1 unspecified atom stereocenters. The monoisotopic (exact) mass is 595 g/mol. The van der Waals surface area contributed by atoms with Crippen LogP contribution in [0.5, 0.6) is 5.75 Å². The van der Waals surface area contributed by atoms with Crippen LogP contribution < -0.4 is 10.1 Å². The second kappa shape index (κ2) is 13.2. The number of allylic oxidation sites excluding steroid dienone is 1. The van der Waals surface area contributed by atoms with E-state index in [4.69, 9.17) is 30.9 Å². The molecule has 41 heavy (non-hydrogen) atoms. The molecule has 2 aromatic carbocycles. The molecule has 5 rings (SSSR count). The lowest BCUT2D eigenvalue weighted by molar-refractivity contribution is -0.138. The van der Waals surface area contributed by atoms with E-state index in [2.05, 4.69) is 16.9 Å². The van der Waals surface area contributed by atoms with Crippen LogP contribution in [0.25, 0.3) is 0 Å². The molecular weight excluding hydrogens is 566 g/mol. The zero-order valence-electron chi connectivity index (χ0n) is 22.5. The molecule has 2 aliphatic heterocycles. The normalized spacial score (nSPS) is 16.5. The summed E-state index contributed by atoms with van der Waals surface area (Å²) in [7, 11) is 0. The van der Waals surface area contributed by atoms with Crippen LogP contribution in [0.2, 0.25) is 5.02 Å². The first-order valence-corrected chi connectivity index (χ1v) is 14.5. The summed E-state index contributed by atoms with van der Waals surface area (Å²) < 4.78 is 18.2. The number of fused-ring (bicyclic) bond motifs is 1. The molecule has 0 spiro atoms. The van der Waals surface area contributed by atoms with E-state index in [1.54, 1.807) is 28.6 Å². The molecule has 1 aromatic heterocycles. The zero-order chi connectivity index (χ0) is 28.8. The molecule has 1 amide bonds. The predicted octanol–water partition coefficient (Wildman–Crippen LogP) is 4.48. The molecule has 1 atom stereocenters. The van der Waals surface area contributed by atoms with Crippen LogP contribution in [0.3, 0.4) is 0 Å². The largest absolute Gasteiger partial charge is 0.484 e. The first-order valence-electron chi connectivity index (χ1n) is 13.1. The number of rotatable bonds is 10. The summed E-state index contributed by atoms with van der Waals surface area (Å²) in [5.74, 6) is 1.06. The van der Waals surface area contributed by atoms with Crippen LogP contribution in [-0.4, -0.2) is 71.1 Å². The summed E-state index contributed by atoms with van der Waals surface area (Å²) in [6.45, 7) is 7.65. The molecule has 0 radical (unpaired) electrons. The molecule has 0 saturated carbocycles. The molecule has 2 aliphatic rings. The van der Waals surface area contributed by atoms with E-state index in [0.717, 1.165) is 11.1 Å². The van der Waals surface area contributed by atoms with Crippen molar-refractivity contribution in [1.82, 2.24) is 19.7 Å². The Balaban J connectivity index is 1.37. The third-order valence-corrected chi connectivity index (χ3v) is 7.88. The minimum atomic E-state index is -0.602. The van der Waals surface area contributed by atoms with Crippen LogP contribution in [-0.2, 0) is 24.8 Å². The Labute approximate surface area is 247 Å². The number of thioether (sulfide) groups is 1. The number of benzene rings is 2. The summed E-state index contributed by atoms with van der Waals surface area (Å²) in [5.41, 5.74) is 2.77. The predicted molar refractivity (Wildman–Crippen MR) is 156 cm³/mol. The number of amides is 1. The number of hydrogen-bond donors (Lipinski definition) is 1. The van der Waals surface area contributed by atoms with Gasteiger partial charge in [0.2, 0.25) is 11.1 Å². The molecule has 1 fully saturated rings. The third kappa shape index (κ3) is 6.75. The average Bonchev–Trinajstić information content (AvgIpc) is 3.40. The number of morpholine rings is 1. The summed E-state index contributed by atoms with van der Waals surface area (Å²) in [6, 6.07) is 14.3. The van der Waals surface area contributed by atoms with Gasteiger partial charge in [0.1, 0.15) is 18.4 Å². The van der Waals surface area contributed by atoms with Gasteiger partial charge in [-0.1, -0.05) is 66.3 Å². The van der Waals surface area contributed by atoms with Crippen LogP contribution in [0, 0.1) is 0 Å². The number of nitrogens with zero attached hydrogens (tertiary/aromatic N) is 4. The summed E-state index contributed by atoms with van der Waals surface area (Å²) in [6.07, 6.45) is 1.52. The molecule has 1 N–H and O–H groups in total. The fourth-order valence-electron chi connectivity index (χ4n) is 4.53. The Morgan fingerprint density at radius 3 is 2.68 bits per heavy atom. The number of anilines is 1. The first kappa shape index (κ1) is 28.7. The van der Waals surface area contributed by atoms with Crippen molar-refractivity contribution in [1.29, 1.82) is 0 Å². The van der Waals surface area contributed by atoms with Crippen molar-refractivity contribution in [3.63, 3.8) is 0 Å². The Kier molecular flexibility index (Phi) is 9.28. The maximum absolute atomic E-state index is 13.2. The highest BCUT2D eigenvalue weighted by atomic mass is 35.5. The van der Waals surface area contributed by atoms with Crippen molar-refractivity contribution in [3.8, 4) is 5.75 Å². The quantitative estimate of drug-likeness (QED) is 0.206. The van der Waals surface area contributed by atoms with Gasteiger partial charge in [-0.05, 0) is 36.2 Å². The average molecular weight is 596 g/mol. The van der Waals surface area contributed by atoms with E-state index >= 15 is 0 Å². The van der Waals surface area contributed by atoms with E-state index in [0.29, 0.717) is 65.2 Å². The van der Waals surface area contributed by atoms with E-state index in [1.165, 1.54) is 17.8 Å². The summed E-state index contributed by atoms with van der Waals surface area (Å²) >= 11 is 7.78. The highest BCUT2D eigenvalue weighted by Crippen LogP contribution is 2.37. The minimum absolute atomic E-state index is 0.0654. The lowest BCUT2D eigenvalue weighted by Gasteiger charge is -2.28. The van der Waals surface area contributed by atoms with Crippen LogP contribution in [0.4, 0.5) is 5.95 Å². The van der Waals surface area contributed by atoms with E-state index < -0.39 is 12.0 Å². The maximum atomic E-state index is 13.2. The topological polar surface area (TPSA) is 108 Å². The second-order valence-corrected chi connectivity index (χ2v) is 10.7. The number of carbonyl (C=O) groups excluding carboxylic acids is 2. The fraction of sp³-hybridized carbons (Fsp3) is 0.310. The minimum Gasteiger partial charge on any atom is -0.484 e. The zero-order valence-corrected chi connectivity index (χ0v) is 24.1. The van der Waals surface area contributed by atoms with Gasteiger partial charge in [0.25, 0.3) is 5.91 Å². The van der Waals surface area contributed by atoms with E-state index in [-0.39, 0.29) is 19.1 Å². The number of esters is 1. The molecule has 0 bridgehead atoms. The number of halogens is 1. The number of aromatic nitrogens is 3. The van der Waals surface area contributed by atoms with Crippen molar-refractivity contribution in [2.45, 2.75) is 23.9 Å².